The standard InChI is InChI=1S/C25H23IN4O4/c1-14(2)28-25(34)29-17-6-3-5-15(11-17)13-30-20-9-8-16(26)12-19(20)21(22(30)24(32)33)18-7-4-10-27-23(18)31/h3-12,14H,13H2,1-2H3,(H,27,31)(H,32,33)(H2,28,29,34). The van der Waals surface area contributed by atoms with Crippen molar-refractivity contribution < 1.29 is 14.7 Å². The molecule has 0 spiro atoms. The molecule has 4 rings (SSSR count). The Bertz CT molecular complexity index is 1460. The maximum Gasteiger partial charge on any atom is 0.353 e. The Kier molecular flexibility index (Phi) is 6.73. The van der Waals surface area contributed by atoms with E-state index in [2.05, 4.69) is 38.2 Å². The summed E-state index contributed by atoms with van der Waals surface area (Å²) in [6, 6.07) is 15.9. The number of hydrogen-bond donors (Lipinski definition) is 4. The Labute approximate surface area is 209 Å². The van der Waals surface area contributed by atoms with Gasteiger partial charge in [-0.05, 0) is 84.5 Å². The van der Waals surface area contributed by atoms with E-state index >= 15 is 0 Å². The van der Waals surface area contributed by atoms with E-state index in [4.69, 9.17) is 0 Å². The molecule has 8 nitrogen and oxygen atoms in total. The van der Waals surface area contributed by atoms with E-state index < -0.39 is 5.97 Å². The molecule has 174 valence electrons. The summed E-state index contributed by atoms with van der Waals surface area (Å²) in [5.41, 5.74) is 2.45. The van der Waals surface area contributed by atoms with Gasteiger partial charge in [0, 0.05) is 50.1 Å². The van der Waals surface area contributed by atoms with Crippen molar-refractivity contribution in [3.63, 3.8) is 0 Å². The zero-order valence-electron chi connectivity index (χ0n) is 18.6. The summed E-state index contributed by atoms with van der Waals surface area (Å²) in [4.78, 5) is 39.8. The lowest BCUT2D eigenvalue weighted by Crippen LogP contribution is -2.34. The molecule has 0 atom stereocenters. The summed E-state index contributed by atoms with van der Waals surface area (Å²) >= 11 is 2.17. The highest BCUT2D eigenvalue weighted by atomic mass is 127. The lowest BCUT2D eigenvalue weighted by molar-refractivity contribution is 0.0687. The van der Waals surface area contributed by atoms with E-state index in [0.29, 0.717) is 27.7 Å². The molecule has 0 aliphatic carbocycles. The second kappa shape index (κ2) is 9.72. The molecule has 0 unspecified atom stereocenters. The lowest BCUT2D eigenvalue weighted by Gasteiger charge is -2.13. The Morgan fingerprint density at radius 3 is 2.62 bits per heavy atom. The Morgan fingerprint density at radius 1 is 1.12 bits per heavy atom. The van der Waals surface area contributed by atoms with Gasteiger partial charge in [0.15, 0.2) is 0 Å². The first-order valence-electron chi connectivity index (χ1n) is 10.6. The zero-order valence-corrected chi connectivity index (χ0v) is 20.7. The maximum atomic E-state index is 12.6. The van der Waals surface area contributed by atoms with Crippen molar-refractivity contribution >= 4 is 51.2 Å². The highest BCUT2D eigenvalue weighted by Crippen LogP contribution is 2.35. The van der Waals surface area contributed by atoms with Crippen LogP contribution in [-0.2, 0) is 6.54 Å². The first-order chi connectivity index (χ1) is 16.2. The fourth-order valence-corrected chi connectivity index (χ4v) is 4.46. The quantitative estimate of drug-likeness (QED) is 0.248. The molecular weight excluding hydrogens is 547 g/mol. The molecular formula is C25H23IN4O4. The van der Waals surface area contributed by atoms with Crippen molar-refractivity contribution in [2.75, 3.05) is 5.32 Å². The number of nitrogens with one attached hydrogen (secondary N) is 3. The predicted octanol–water partition coefficient (Wildman–Crippen LogP) is 4.88. The Morgan fingerprint density at radius 2 is 1.91 bits per heavy atom. The third-order valence-electron chi connectivity index (χ3n) is 5.26. The molecule has 2 amide bonds. The molecule has 2 aromatic carbocycles. The first-order valence-corrected chi connectivity index (χ1v) is 11.7. The third-order valence-corrected chi connectivity index (χ3v) is 5.93. The molecule has 9 heteroatoms. The van der Waals surface area contributed by atoms with Crippen molar-refractivity contribution in [1.29, 1.82) is 0 Å². The number of benzene rings is 2. The number of hydrogen-bond acceptors (Lipinski definition) is 3. The van der Waals surface area contributed by atoms with Gasteiger partial charge in [0.25, 0.3) is 5.56 Å². The number of pyridine rings is 1. The highest BCUT2D eigenvalue weighted by molar-refractivity contribution is 14.1. The van der Waals surface area contributed by atoms with Crippen LogP contribution in [0.15, 0.2) is 65.6 Å². The number of rotatable bonds is 6. The molecule has 34 heavy (non-hydrogen) atoms. The van der Waals surface area contributed by atoms with E-state index in [0.717, 1.165) is 9.13 Å². The average Bonchev–Trinajstić information content (AvgIpc) is 3.07. The van der Waals surface area contributed by atoms with E-state index in [1.807, 2.05) is 38.1 Å². The second-order valence-electron chi connectivity index (χ2n) is 8.14. The largest absolute Gasteiger partial charge is 0.477 e. The molecule has 0 saturated heterocycles. The lowest BCUT2D eigenvalue weighted by atomic mass is 10.0. The van der Waals surface area contributed by atoms with E-state index in [-0.39, 0.29) is 29.9 Å². The number of fused-ring (bicyclic) bond motifs is 1. The van der Waals surface area contributed by atoms with Gasteiger partial charge in [0.1, 0.15) is 5.69 Å². The molecule has 0 aliphatic rings. The first kappa shape index (κ1) is 23.6. The number of aromatic nitrogens is 2. The normalized spacial score (nSPS) is 11.1. The fourth-order valence-electron chi connectivity index (χ4n) is 3.96. The number of carboxylic acids is 1. The minimum atomic E-state index is -1.13. The molecule has 0 fully saturated rings. The number of nitrogens with zero attached hydrogens (tertiary/aromatic N) is 1. The van der Waals surface area contributed by atoms with Gasteiger partial charge < -0.3 is 25.3 Å². The van der Waals surface area contributed by atoms with Crippen LogP contribution in [0.25, 0.3) is 22.0 Å². The van der Waals surface area contributed by atoms with Crippen LogP contribution in [0.3, 0.4) is 0 Å². The van der Waals surface area contributed by atoms with Gasteiger partial charge in [-0.2, -0.15) is 0 Å². The summed E-state index contributed by atoms with van der Waals surface area (Å²) in [5.74, 6) is -1.13. The Balaban J connectivity index is 1.85. The summed E-state index contributed by atoms with van der Waals surface area (Å²) < 4.78 is 2.62. The van der Waals surface area contributed by atoms with Crippen LogP contribution in [-0.4, -0.2) is 32.7 Å². The smallest absolute Gasteiger partial charge is 0.353 e. The van der Waals surface area contributed by atoms with Gasteiger partial charge in [-0.15, -0.1) is 0 Å². The number of urea groups is 1. The number of aromatic amines is 1. The molecule has 0 aliphatic heterocycles. The molecule has 0 radical (unpaired) electrons. The van der Waals surface area contributed by atoms with Crippen LogP contribution in [0.4, 0.5) is 10.5 Å². The van der Waals surface area contributed by atoms with Crippen molar-refractivity contribution in [2.45, 2.75) is 26.4 Å². The van der Waals surface area contributed by atoms with Crippen LogP contribution >= 0.6 is 22.6 Å². The summed E-state index contributed by atoms with van der Waals surface area (Å²) in [7, 11) is 0. The zero-order chi connectivity index (χ0) is 24.4. The highest BCUT2D eigenvalue weighted by Gasteiger charge is 2.25. The average molecular weight is 570 g/mol. The van der Waals surface area contributed by atoms with Crippen LogP contribution in [0.1, 0.15) is 29.9 Å². The van der Waals surface area contributed by atoms with Gasteiger partial charge in [0.05, 0.1) is 0 Å². The van der Waals surface area contributed by atoms with Crippen LogP contribution in [0.5, 0.6) is 0 Å². The number of aromatic carboxylic acids is 1. The third kappa shape index (κ3) is 4.84. The number of amides is 2. The number of H-pyrrole nitrogens is 1. The topological polar surface area (TPSA) is 116 Å². The second-order valence-corrected chi connectivity index (χ2v) is 9.39. The summed E-state index contributed by atoms with van der Waals surface area (Å²) in [6.45, 7) is 3.99. The number of carbonyl (C=O) groups excluding carboxylic acids is 1. The van der Waals surface area contributed by atoms with Crippen LogP contribution in [0, 0.1) is 3.57 Å². The van der Waals surface area contributed by atoms with Gasteiger partial charge >= 0.3 is 12.0 Å². The molecule has 2 heterocycles. The summed E-state index contributed by atoms with van der Waals surface area (Å²) in [5, 5.41) is 16.5. The van der Waals surface area contributed by atoms with Crippen molar-refractivity contribution in [3.05, 3.63) is 86.0 Å². The number of anilines is 1. The van der Waals surface area contributed by atoms with Crippen molar-refractivity contribution in [1.82, 2.24) is 14.9 Å². The fraction of sp³-hybridized carbons (Fsp3) is 0.160. The van der Waals surface area contributed by atoms with Gasteiger partial charge in [-0.3, -0.25) is 4.79 Å². The molecule has 4 N–H and O–H groups in total. The van der Waals surface area contributed by atoms with Crippen LogP contribution in [0.2, 0.25) is 0 Å². The van der Waals surface area contributed by atoms with Crippen molar-refractivity contribution in [3.8, 4) is 11.1 Å². The van der Waals surface area contributed by atoms with E-state index in [9.17, 15) is 19.5 Å². The minimum Gasteiger partial charge on any atom is -0.477 e. The van der Waals surface area contributed by atoms with Crippen LogP contribution < -0.4 is 16.2 Å². The molecule has 2 aromatic heterocycles. The minimum absolute atomic E-state index is 0.00472. The monoisotopic (exact) mass is 570 g/mol. The van der Waals surface area contributed by atoms with Gasteiger partial charge in [-0.1, -0.05) is 12.1 Å². The molecule has 0 saturated carbocycles. The number of carboxylic acid groups (broad SMARTS) is 1. The predicted molar refractivity (Wildman–Crippen MR) is 141 cm³/mol. The maximum absolute atomic E-state index is 12.6. The Hall–Kier alpha value is -3.60. The van der Waals surface area contributed by atoms with E-state index in [1.54, 1.807) is 34.9 Å². The van der Waals surface area contributed by atoms with Crippen molar-refractivity contribution in [2.24, 2.45) is 0 Å². The molecule has 4 aromatic rings. The van der Waals surface area contributed by atoms with Gasteiger partial charge in [-0.25, -0.2) is 9.59 Å². The molecule has 0 bridgehead atoms. The van der Waals surface area contributed by atoms with E-state index in [1.165, 1.54) is 6.20 Å². The number of carbonyl (C=O) groups is 2. The SMILES string of the molecule is CC(C)NC(=O)Nc1cccc(Cn2c(C(=O)O)c(-c3ccc[nH]c3=O)c3cc(I)ccc32)c1. The summed E-state index contributed by atoms with van der Waals surface area (Å²) in [6.07, 6.45) is 1.52. The van der Waals surface area contributed by atoms with Gasteiger partial charge in [0.2, 0.25) is 0 Å². The number of halogens is 1.